The van der Waals surface area contributed by atoms with Gasteiger partial charge in [-0.15, -0.1) is 0 Å². The number of nitrogens with zero attached hydrogens (tertiary/aromatic N) is 2. The SMILES string of the molecule is CCN(Cc1ccc(OC)c(OC)c1)C(=O)C(CC(C)C)N1C(=O)C2CC=CCC2C1=O. The van der Waals surface area contributed by atoms with Gasteiger partial charge in [-0.2, -0.15) is 0 Å². The number of likely N-dealkylation sites (tertiary alicyclic amines) is 1. The first-order valence-corrected chi connectivity index (χ1v) is 11.3. The standard InChI is InChI=1S/C25H34N2O5/c1-6-26(15-17-11-12-21(31-4)22(14-17)32-5)25(30)20(13-16(2)3)27-23(28)18-9-7-8-10-19(18)24(27)29/h7-8,11-12,14,16,18-20H,6,9-10,13,15H2,1-5H3. The maximum atomic E-state index is 13.7. The summed E-state index contributed by atoms with van der Waals surface area (Å²) in [5.41, 5.74) is 0.887. The quantitative estimate of drug-likeness (QED) is 0.433. The van der Waals surface area contributed by atoms with Gasteiger partial charge in [-0.25, -0.2) is 0 Å². The number of rotatable bonds is 9. The molecule has 0 radical (unpaired) electrons. The molecular formula is C25H34N2O5. The van der Waals surface area contributed by atoms with E-state index in [0.29, 0.717) is 43.9 Å². The van der Waals surface area contributed by atoms with Crippen LogP contribution in [0.15, 0.2) is 30.4 Å². The second kappa shape index (κ2) is 10.2. The zero-order chi connectivity index (χ0) is 23.4. The molecule has 0 spiro atoms. The van der Waals surface area contributed by atoms with E-state index in [1.165, 1.54) is 4.90 Å². The molecule has 7 nitrogen and oxygen atoms in total. The zero-order valence-corrected chi connectivity index (χ0v) is 19.7. The summed E-state index contributed by atoms with van der Waals surface area (Å²) >= 11 is 0. The number of amides is 3. The van der Waals surface area contributed by atoms with Crippen LogP contribution >= 0.6 is 0 Å². The topological polar surface area (TPSA) is 76.2 Å². The molecule has 1 heterocycles. The van der Waals surface area contributed by atoms with Gasteiger partial charge in [-0.3, -0.25) is 19.3 Å². The van der Waals surface area contributed by atoms with Crippen LogP contribution in [0.5, 0.6) is 11.5 Å². The van der Waals surface area contributed by atoms with Crippen LogP contribution in [0.4, 0.5) is 0 Å². The second-order valence-corrected chi connectivity index (χ2v) is 8.89. The van der Waals surface area contributed by atoms with E-state index >= 15 is 0 Å². The molecule has 1 aromatic rings. The highest BCUT2D eigenvalue weighted by atomic mass is 16.5. The minimum absolute atomic E-state index is 0.157. The second-order valence-electron chi connectivity index (χ2n) is 8.89. The molecule has 1 fully saturated rings. The highest BCUT2D eigenvalue weighted by molar-refractivity contribution is 6.08. The van der Waals surface area contributed by atoms with Gasteiger partial charge >= 0.3 is 0 Å². The Morgan fingerprint density at radius 3 is 2.16 bits per heavy atom. The molecule has 3 rings (SSSR count). The van der Waals surface area contributed by atoms with Crippen molar-refractivity contribution in [1.82, 2.24) is 9.80 Å². The first-order chi connectivity index (χ1) is 15.3. The highest BCUT2D eigenvalue weighted by Crippen LogP contribution is 2.37. The molecule has 0 saturated carbocycles. The van der Waals surface area contributed by atoms with E-state index in [2.05, 4.69) is 0 Å². The number of methoxy groups -OCH3 is 2. The van der Waals surface area contributed by atoms with Crippen molar-refractivity contribution in [2.45, 2.75) is 52.6 Å². The van der Waals surface area contributed by atoms with Crippen LogP contribution in [0.3, 0.4) is 0 Å². The van der Waals surface area contributed by atoms with Gasteiger partial charge < -0.3 is 14.4 Å². The molecule has 3 atom stereocenters. The van der Waals surface area contributed by atoms with E-state index in [4.69, 9.17) is 9.47 Å². The number of ether oxygens (including phenoxy) is 2. The Bertz CT molecular complexity index is 868. The number of likely N-dealkylation sites (N-methyl/N-ethyl adjacent to an activating group) is 1. The van der Waals surface area contributed by atoms with E-state index in [1.807, 2.05) is 51.1 Å². The minimum atomic E-state index is -0.777. The van der Waals surface area contributed by atoms with Crippen molar-refractivity contribution in [2.75, 3.05) is 20.8 Å². The zero-order valence-electron chi connectivity index (χ0n) is 19.7. The van der Waals surface area contributed by atoms with Crippen molar-refractivity contribution < 1.29 is 23.9 Å². The number of hydrogen-bond donors (Lipinski definition) is 0. The molecule has 1 aliphatic heterocycles. The maximum absolute atomic E-state index is 13.7. The summed E-state index contributed by atoms with van der Waals surface area (Å²) in [4.78, 5) is 43.0. The third kappa shape index (κ3) is 4.66. The molecule has 1 saturated heterocycles. The van der Waals surface area contributed by atoms with Crippen LogP contribution in [0.25, 0.3) is 0 Å². The summed E-state index contributed by atoms with van der Waals surface area (Å²) in [5, 5.41) is 0. The van der Waals surface area contributed by atoms with Gasteiger partial charge in [0.05, 0.1) is 26.1 Å². The Morgan fingerprint density at radius 2 is 1.66 bits per heavy atom. The fourth-order valence-corrected chi connectivity index (χ4v) is 4.65. The highest BCUT2D eigenvalue weighted by Gasteiger charge is 2.51. The smallest absolute Gasteiger partial charge is 0.246 e. The van der Waals surface area contributed by atoms with E-state index in [-0.39, 0.29) is 35.5 Å². The van der Waals surface area contributed by atoms with Gasteiger partial charge in [0.2, 0.25) is 17.7 Å². The predicted molar refractivity (Wildman–Crippen MR) is 121 cm³/mol. The Balaban J connectivity index is 1.86. The van der Waals surface area contributed by atoms with Crippen molar-refractivity contribution in [3.63, 3.8) is 0 Å². The van der Waals surface area contributed by atoms with Crippen LogP contribution in [0, 0.1) is 17.8 Å². The van der Waals surface area contributed by atoms with E-state index in [1.54, 1.807) is 19.1 Å². The van der Waals surface area contributed by atoms with Gasteiger partial charge in [-0.05, 0) is 49.8 Å². The largest absolute Gasteiger partial charge is 0.493 e. The lowest BCUT2D eigenvalue weighted by molar-refractivity contribution is -0.152. The Morgan fingerprint density at radius 1 is 1.06 bits per heavy atom. The fraction of sp³-hybridized carbons (Fsp3) is 0.560. The van der Waals surface area contributed by atoms with Gasteiger partial charge in [0.15, 0.2) is 11.5 Å². The lowest BCUT2D eigenvalue weighted by atomic mass is 9.85. The van der Waals surface area contributed by atoms with Crippen molar-refractivity contribution in [2.24, 2.45) is 17.8 Å². The number of carbonyl (C=O) groups is 3. The molecule has 1 aliphatic carbocycles. The first kappa shape index (κ1) is 23.8. The van der Waals surface area contributed by atoms with E-state index in [0.717, 1.165) is 5.56 Å². The van der Waals surface area contributed by atoms with Crippen molar-refractivity contribution in [3.8, 4) is 11.5 Å². The number of benzene rings is 1. The molecular weight excluding hydrogens is 408 g/mol. The Kier molecular flexibility index (Phi) is 7.59. The molecule has 174 valence electrons. The van der Waals surface area contributed by atoms with Crippen molar-refractivity contribution >= 4 is 17.7 Å². The van der Waals surface area contributed by atoms with Gasteiger partial charge in [0, 0.05) is 13.1 Å². The minimum Gasteiger partial charge on any atom is -0.493 e. The molecule has 3 unspecified atom stereocenters. The van der Waals surface area contributed by atoms with Crippen LogP contribution in [0.1, 0.15) is 45.6 Å². The van der Waals surface area contributed by atoms with Gasteiger partial charge in [0.1, 0.15) is 6.04 Å². The number of fused-ring (bicyclic) bond motifs is 1. The van der Waals surface area contributed by atoms with Gasteiger partial charge in [-0.1, -0.05) is 32.1 Å². The normalized spacial score (nSPS) is 21.0. The van der Waals surface area contributed by atoms with Crippen LogP contribution in [-0.4, -0.2) is 54.3 Å². The predicted octanol–water partition coefficient (Wildman–Crippen LogP) is 3.42. The molecule has 32 heavy (non-hydrogen) atoms. The van der Waals surface area contributed by atoms with Gasteiger partial charge in [0.25, 0.3) is 0 Å². The lowest BCUT2D eigenvalue weighted by Crippen LogP contribution is -2.51. The van der Waals surface area contributed by atoms with Crippen molar-refractivity contribution in [3.05, 3.63) is 35.9 Å². The molecule has 1 aromatic carbocycles. The molecule has 0 aromatic heterocycles. The summed E-state index contributed by atoms with van der Waals surface area (Å²) < 4.78 is 10.7. The lowest BCUT2D eigenvalue weighted by Gasteiger charge is -2.32. The number of imide groups is 1. The van der Waals surface area contributed by atoms with Crippen LogP contribution in [-0.2, 0) is 20.9 Å². The molecule has 0 bridgehead atoms. The summed E-state index contributed by atoms with van der Waals surface area (Å²) in [6.45, 7) is 6.73. The summed E-state index contributed by atoms with van der Waals surface area (Å²) in [5.74, 6) is 0.0960. The van der Waals surface area contributed by atoms with Crippen molar-refractivity contribution in [1.29, 1.82) is 0 Å². The average Bonchev–Trinajstić information content (AvgIpc) is 3.05. The van der Waals surface area contributed by atoms with Crippen LogP contribution in [0.2, 0.25) is 0 Å². The Labute approximate surface area is 190 Å². The summed E-state index contributed by atoms with van der Waals surface area (Å²) in [6.07, 6.45) is 5.51. The summed E-state index contributed by atoms with van der Waals surface area (Å²) in [6, 6.07) is 4.77. The summed E-state index contributed by atoms with van der Waals surface area (Å²) in [7, 11) is 3.15. The maximum Gasteiger partial charge on any atom is 0.246 e. The monoisotopic (exact) mass is 442 g/mol. The third-order valence-corrected chi connectivity index (χ3v) is 6.35. The average molecular weight is 443 g/mol. The fourth-order valence-electron chi connectivity index (χ4n) is 4.65. The number of carbonyl (C=O) groups excluding carboxylic acids is 3. The first-order valence-electron chi connectivity index (χ1n) is 11.3. The van der Waals surface area contributed by atoms with Crippen LogP contribution < -0.4 is 9.47 Å². The van der Waals surface area contributed by atoms with E-state index < -0.39 is 6.04 Å². The van der Waals surface area contributed by atoms with E-state index in [9.17, 15) is 14.4 Å². The molecule has 0 N–H and O–H groups in total. The number of allylic oxidation sites excluding steroid dienone is 2. The molecule has 2 aliphatic rings. The molecule has 7 heteroatoms. The number of hydrogen-bond acceptors (Lipinski definition) is 5. The molecule has 3 amide bonds. The Hall–Kier alpha value is -2.83. The third-order valence-electron chi connectivity index (χ3n) is 6.35.